The van der Waals surface area contributed by atoms with E-state index in [1.807, 2.05) is 48.1 Å². The van der Waals surface area contributed by atoms with Gasteiger partial charge in [0.15, 0.2) is 0 Å². The summed E-state index contributed by atoms with van der Waals surface area (Å²) in [5.74, 6) is -0.0580. The first-order valence-corrected chi connectivity index (χ1v) is 10.7. The molecule has 1 saturated heterocycles. The molecule has 0 spiro atoms. The summed E-state index contributed by atoms with van der Waals surface area (Å²) < 4.78 is 7.28. The molecular weight excluding hydrogens is 378 g/mol. The number of aromatic nitrogens is 3. The fourth-order valence-electron chi connectivity index (χ4n) is 3.86. The van der Waals surface area contributed by atoms with Crippen molar-refractivity contribution in [2.45, 2.75) is 26.8 Å². The van der Waals surface area contributed by atoms with Crippen LogP contribution in [0.4, 0.5) is 0 Å². The number of carbonyl (C=O) groups excluding carboxylic acids is 1. The molecule has 1 aliphatic rings. The minimum atomic E-state index is -0.0580. The number of morpholine rings is 1. The molecule has 3 aromatic rings. The number of carbonyl (C=O) groups is 1. The average Bonchev–Trinajstić information content (AvgIpc) is 3.17. The quantitative estimate of drug-likeness (QED) is 0.610. The van der Waals surface area contributed by atoms with E-state index in [4.69, 9.17) is 9.72 Å². The van der Waals surface area contributed by atoms with Crippen LogP contribution in [0.5, 0.6) is 0 Å². The second-order valence-corrected chi connectivity index (χ2v) is 7.62. The highest BCUT2D eigenvalue weighted by atomic mass is 16.5. The Balaban J connectivity index is 1.53. The average molecular weight is 408 g/mol. The van der Waals surface area contributed by atoms with Crippen molar-refractivity contribution in [3.63, 3.8) is 0 Å². The van der Waals surface area contributed by atoms with Gasteiger partial charge in [-0.05, 0) is 38.9 Å². The van der Waals surface area contributed by atoms with Crippen LogP contribution in [0, 0.1) is 6.92 Å². The first-order valence-electron chi connectivity index (χ1n) is 10.7. The van der Waals surface area contributed by atoms with Crippen molar-refractivity contribution >= 4 is 16.8 Å². The number of fused-ring (bicyclic) bond motifs is 1. The summed E-state index contributed by atoms with van der Waals surface area (Å²) in [7, 11) is 0. The highest BCUT2D eigenvalue weighted by Gasteiger charge is 2.16. The van der Waals surface area contributed by atoms with Crippen LogP contribution in [0.2, 0.25) is 0 Å². The summed E-state index contributed by atoms with van der Waals surface area (Å²) in [6, 6.07) is 9.69. The Bertz CT molecular complexity index is 1020. The summed E-state index contributed by atoms with van der Waals surface area (Å²) in [5, 5.41) is 8.49. The molecule has 7 heteroatoms. The molecule has 3 heterocycles. The first-order chi connectivity index (χ1) is 14.7. The molecule has 1 amide bonds. The number of rotatable bonds is 7. The maximum Gasteiger partial charge on any atom is 0.252 e. The lowest BCUT2D eigenvalue weighted by atomic mass is 10.0. The van der Waals surface area contributed by atoms with E-state index in [0.717, 1.165) is 73.7 Å². The number of aryl methyl sites for hydroxylation is 2. The zero-order valence-electron chi connectivity index (χ0n) is 17.7. The number of para-hydroxylation sites is 1. The molecule has 4 rings (SSSR count). The molecule has 0 aliphatic carbocycles. The van der Waals surface area contributed by atoms with Crippen molar-refractivity contribution in [2.24, 2.45) is 0 Å². The van der Waals surface area contributed by atoms with Gasteiger partial charge in [-0.1, -0.05) is 18.2 Å². The first kappa shape index (κ1) is 20.5. The maximum atomic E-state index is 13.0. The number of pyridine rings is 1. The second kappa shape index (κ2) is 9.36. The number of amides is 1. The van der Waals surface area contributed by atoms with Gasteiger partial charge in [-0.15, -0.1) is 0 Å². The van der Waals surface area contributed by atoms with Crippen LogP contribution in [-0.2, 0) is 11.3 Å². The molecule has 1 fully saturated rings. The fraction of sp³-hybridized carbons (Fsp3) is 0.435. The van der Waals surface area contributed by atoms with Crippen LogP contribution in [-0.4, -0.2) is 65.0 Å². The highest BCUT2D eigenvalue weighted by molar-refractivity contribution is 6.07. The molecule has 158 valence electrons. The fourth-order valence-corrected chi connectivity index (χ4v) is 3.86. The molecule has 0 atom stereocenters. The van der Waals surface area contributed by atoms with Gasteiger partial charge in [0, 0.05) is 43.3 Å². The normalized spacial score (nSPS) is 14.9. The summed E-state index contributed by atoms with van der Waals surface area (Å²) in [6.07, 6.45) is 2.92. The van der Waals surface area contributed by atoms with Gasteiger partial charge in [0.25, 0.3) is 5.91 Å². The summed E-state index contributed by atoms with van der Waals surface area (Å²) in [5.41, 5.74) is 4.13. The molecule has 7 nitrogen and oxygen atoms in total. The van der Waals surface area contributed by atoms with Crippen LogP contribution in [0.25, 0.3) is 22.2 Å². The Morgan fingerprint density at radius 2 is 2.03 bits per heavy atom. The Morgan fingerprint density at radius 1 is 1.23 bits per heavy atom. The van der Waals surface area contributed by atoms with E-state index >= 15 is 0 Å². The molecule has 0 radical (unpaired) electrons. The molecule has 0 saturated carbocycles. The van der Waals surface area contributed by atoms with E-state index < -0.39 is 0 Å². The van der Waals surface area contributed by atoms with Crippen molar-refractivity contribution in [1.82, 2.24) is 25.0 Å². The zero-order chi connectivity index (χ0) is 20.9. The molecule has 2 aromatic heterocycles. The number of nitrogens with one attached hydrogen (secondary N) is 1. The van der Waals surface area contributed by atoms with Gasteiger partial charge in [-0.3, -0.25) is 14.4 Å². The monoisotopic (exact) mass is 407 g/mol. The van der Waals surface area contributed by atoms with E-state index in [0.29, 0.717) is 12.1 Å². The van der Waals surface area contributed by atoms with Crippen molar-refractivity contribution in [2.75, 3.05) is 39.4 Å². The highest BCUT2D eigenvalue weighted by Crippen LogP contribution is 2.26. The van der Waals surface area contributed by atoms with Gasteiger partial charge in [0.1, 0.15) is 0 Å². The van der Waals surface area contributed by atoms with Crippen molar-refractivity contribution in [3.05, 3.63) is 47.8 Å². The summed E-state index contributed by atoms with van der Waals surface area (Å²) in [6.45, 7) is 9.98. The van der Waals surface area contributed by atoms with E-state index in [1.165, 1.54) is 0 Å². The van der Waals surface area contributed by atoms with Gasteiger partial charge in [-0.2, -0.15) is 5.10 Å². The Labute approximate surface area is 177 Å². The largest absolute Gasteiger partial charge is 0.379 e. The molecule has 1 aliphatic heterocycles. The lowest BCUT2D eigenvalue weighted by Crippen LogP contribution is -2.38. The number of nitrogens with zero attached hydrogens (tertiary/aromatic N) is 4. The van der Waals surface area contributed by atoms with Gasteiger partial charge in [-0.25, -0.2) is 4.98 Å². The molecule has 1 N–H and O–H groups in total. The lowest BCUT2D eigenvalue weighted by molar-refractivity contribution is 0.0374. The standard InChI is InChI=1S/C23H29N5O2/c1-3-28-16-20(17(2)26-28)22-15-19(18-7-4-5-8-21(18)25-22)23(29)24-9-6-10-27-11-13-30-14-12-27/h4-5,7-8,15-16H,3,6,9-14H2,1-2H3,(H,24,29). The molecule has 0 bridgehead atoms. The third-order valence-electron chi connectivity index (χ3n) is 5.55. The van der Waals surface area contributed by atoms with Crippen LogP contribution in [0.15, 0.2) is 36.5 Å². The number of ether oxygens (including phenoxy) is 1. The van der Waals surface area contributed by atoms with Crippen LogP contribution in [0.3, 0.4) is 0 Å². The van der Waals surface area contributed by atoms with E-state index in [2.05, 4.69) is 22.2 Å². The van der Waals surface area contributed by atoms with Crippen LogP contribution < -0.4 is 5.32 Å². The SMILES string of the molecule is CCn1cc(-c2cc(C(=O)NCCCN3CCOCC3)c3ccccc3n2)c(C)n1. The van der Waals surface area contributed by atoms with E-state index in [-0.39, 0.29) is 5.91 Å². The van der Waals surface area contributed by atoms with E-state index in [1.54, 1.807) is 0 Å². The van der Waals surface area contributed by atoms with Crippen molar-refractivity contribution in [3.8, 4) is 11.3 Å². The lowest BCUT2D eigenvalue weighted by Gasteiger charge is -2.26. The minimum Gasteiger partial charge on any atom is -0.379 e. The Kier molecular flexibility index (Phi) is 6.40. The number of hydrogen-bond acceptors (Lipinski definition) is 5. The zero-order valence-corrected chi connectivity index (χ0v) is 17.7. The van der Waals surface area contributed by atoms with Crippen LogP contribution in [0.1, 0.15) is 29.4 Å². The molecule has 30 heavy (non-hydrogen) atoms. The number of hydrogen-bond donors (Lipinski definition) is 1. The summed E-state index contributed by atoms with van der Waals surface area (Å²) in [4.78, 5) is 20.2. The predicted molar refractivity (Wildman–Crippen MR) is 118 cm³/mol. The van der Waals surface area contributed by atoms with Gasteiger partial charge in [0.2, 0.25) is 0 Å². The third kappa shape index (κ3) is 4.52. The second-order valence-electron chi connectivity index (χ2n) is 7.62. The maximum absolute atomic E-state index is 13.0. The molecular formula is C23H29N5O2. The Hall–Kier alpha value is -2.77. The minimum absolute atomic E-state index is 0.0580. The summed E-state index contributed by atoms with van der Waals surface area (Å²) >= 11 is 0. The third-order valence-corrected chi connectivity index (χ3v) is 5.55. The van der Waals surface area contributed by atoms with Gasteiger partial charge < -0.3 is 10.1 Å². The molecule has 0 unspecified atom stereocenters. The molecule has 1 aromatic carbocycles. The van der Waals surface area contributed by atoms with Gasteiger partial charge >= 0.3 is 0 Å². The smallest absolute Gasteiger partial charge is 0.252 e. The Morgan fingerprint density at radius 3 is 2.80 bits per heavy atom. The topological polar surface area (TPSA) is 72.3 Å². The van der Waals surface area contributed by atoms with Crippen molar-refractivity contribution in [1.29, 1.82) is 0 Å². The number of benzene rings is 1. The van der Waals surface area contributed by atoms with Crippen molar-refractivity contribution < 1.29 is 9.53 Å². The van der Waals surface area contributed by atoms with E-state index in [9.17, 15) is 4.79 Å². The van der Waals surface area contributed by atoms with Crippen LogP contribution >= 0.6 is 0 Å². The van der Waals surface area contributed by atoms with Gasteiger partial charge in [0.05, 0.1) is 35.7 Å². The predicted octanol–water partition coefficient (Wildman–Crippen LogP) is 2.88.